The van der Waals surface area contributed by atoms with E-state index in [-0.39, 0.29) is 5.97 Å². The van der Waals surface area contributed by atoms with Crippen molar-refractivity contribution in [2.75, 3.05) is 6.61 Å². The number of esters is 1. The predicted octanol–water partition coefficient (Wildman–Crippen LogP) is 2.38. The van der Waals surface area contributed by atoms with E-state index in [4.69, 9.17) is 9.26 Å². The van der Waals surface area contributed by atoms with Gasteiger partial charge >= 0.3 is 5.97 Å². The molecular formula is C11H18N2O3S. The number of carbonyl (C=O) groups excluding carboxylic acids is 1. The van der Waals surface area contributed by atoms with E-state index in [1.165, 1.54) is 0 Å². The molecule has 0 spiro atoms. The lowest BCUT2D eigenvalue weighted by Crippen LogP contribution is -2.13. The molecule has 0 fully saturated rings. The molecule has 1 rings (SSSR count). The van der Waals surface area contributed by atoms with Crippen molar-refractivity contribution in [3.05, 3.63) is 11.7 Å². The van der Waals surface area contributed by atoms with Crippen LogP contribution in [-0.4, -0.2) is 28.0 Å². The summed E-state index contributed by atoms with van der Waals surface area (Å²) in [5.41, 5.74) is 0. The number of hydrogen-bond acceptors (Lipinski definition) is 6. The molecule has 0 aliphatic heterocycles. The molecule has 0 aliphatic carbocycles. The van der Waals surface area contributed by atoms with Crippen LogP contribution in [0.15, 0.2) is 4.52 Å². The lowest BCUT2D eigenvalue weighted by atomic mass is 10.2. The molecule has 1 unspecified atom stereocenters. The summed E-state index contributed by atoms with van der Waals surface area (Å²) in [4.78, 5) is 15.6. The quantitative estimate of drug-likeness (QED) is 0.730. The minimum Gasteiger partial charge on any atom is -0.465 e. The van der Waals surface area contributed by atoms with Crippen LogP contribution < -0.4 is 0 Å². The van der Waals surface area contributed by atoms with E-state index in [1.54, 1.807) is 25.6 Å². The van der Waals surface area contributed by atoms with E-state index in [2.05, 4.69) is 24.0 Å². The van der Waals surface area contributed by atoms with Crippen LogP contribution in [0.4, 0.5) is 0 Å². The summed E-state index contributed by atoms with van der Waals surface area (Å²) in [6.07, 6.45) is 0. The van der Waals surface area contributed by atoms with Gasteiger partial charge in [-0.2, -0.15) is 16.7 Å². The smallest absolute Gasteiger partial charge is 0.318 e. The van der Waals surface area contributed by atoms with E-state index >= 15 is 0 Å². The van der Waals surface area contributed by atoms with E-state index in [0.29, 0.717) is 29.3 Å². The standard InChI is InChI=1S/C11H18N2O3S/c1-5-15-11(14)8(4)10-12-9(13-16-10)6-17-7(2)3/h7-8H,5-6H2,1-4H3. The molecule has 1 heterocycles. The second-order valence-corrected chi connectivity index (χ2v) is 5.45. The maximum Gasteiger partial charge on any atom is 0.318 e. The number of aromatic nitrogens is 2. The average molecular weight is 258 g/mol. The summed E-state index contributed by atoms with van der Waals surface area (Å²) >= 11 is 1.73. The van der Waals surface area contributed by atoms with Crippen LogP contribution in [0, 0.1) is 0 Å². The zero-order valence-corrected chi connectivity index (χ0v) is 11.4. The molecule has 5 nitrogen and oxygen atoms in total. The monoisotopic (exact) mass is 258 g/mol. The topological polar surface area (TPSA) is 65.2 Å². The van der Waals surface area contributed by atoms with Crippen LogP contribution in [0.2, 0.25) is 0 Å². The Morgan fingerprint density at radius 2 is 2.18 bits per heavy atom. The third-order valence-corrected chi connectivity index (χ3v) is 3.13. The van der Waals surface area contributed by atoms with Gasteiger partial charge in [0.05, 0.1) is 12.4 Å². The molecule has 1 aromatic rings. The zero-order valence-electron chi connectivity index (χ0n) is 10.6. The molecule has 0 radical (unpaired) electrons. The molecule has 0 saturated carbocycles. The number of nitrogens with zero attached hydrogens (tertiary/aromatic N) is 2. The van der Waals surface area contributed by atoms with Gasteiger partial charge in [0, 0.05) is 0 Å². The SMILES string of the molecule is CCOC(=O)C(C)c1nc(CSC(C)C)no1. The maximum atomic E-state index is 11.5. The van der Waals surface area contributed by atoms with Crippen molar-refractivity contribution in [3.63, 3.8) is 0 Å². The third-order valence-electron chi connectivity index (χ3n) is 2.04. The van der Waals surface area contributed by atoms with E-state index in [1.807, 2.05) is 0 Å². The molecule has 0 aromatic carbocycles. The van der Waals surface area contributed by atoms with Crippen LogP contribution >= 0.6 is 11.8 Å². The van der Waals surface area contributed by atoms with Gasteiger partial charge in [-0.25, -0.2) is 0 Å². The second kappa shape index (κ2) is 6.64. The van der Waals surface area contributed by atoms with Crippen LogP contribution in [0.3, 0.4) is 0 Å². The molecule has 0 bridgehead atoms. The molecule has 0 aliphatic rings. The predicted molar refractivity (Wildman–Crippen MR) is 65.8 cm³/mol. The fraction of sp³-hybridized carbons (Fsp3) is 0.727. The van der Waals surface area contributed by atoms with Crippen LogP contribution in [0.5, 0.6) is 0 Å². The normalized spacial score (nSPS) is 12.8. The molecule has 0 amide bonds. The number of carbonyl (C=O) groups is 1. The van der Waals surface area contributed by atoms with Crippen LogP contribution in [0.1, 0.15) is 45.3 Å². The Bertz CT molecular complexity index is 365. The Hall–Kier alpha value is -1.04. The lowest BCUT2D eigenvalue weighted by Gasteiger charge is -2.04. The highest BCUT2D eigenvalue weighted by molar-refractivity contribution is 7.99. The summed E-state index contributed by atoms with van der Waals surface area (Å²) < 4.78 is 9.94. The number of rotatable bonds is 6. The molecule has 96 valence electrons. The van der Waals surface area contributed by atoms with E-state index in [9.17, 15) is 4.79 Å². The first-order valence-electron chi connectivity index (χ1n) is 5.65. The fourth-order valence-corrected chi connectivity index (χ4v) is 1.71. The van der Waals surface area contributed by atoms with E-state index in [0.717, 1.165) is 0 Å². The first kappa shape index (κ1) is 14.0. The lowest BCUT2D eigenvalue weighted by molar-refractivity contribution is -0.145. The Balaban J connectivity index is 2.57. The molecule has 6 heteroatoms. The van der Waals surface area contributed by atoms with Crippen molar-refractivity contribution >= 4 is 17.7 Å². The van der Waals surface area contributed by atoms with Gasteiger partial charge in [-0.15, -0.1) is 0 Å². The van der Waals surface area contributed by atoms with Gasteiger partial charge in [0.25, 0.3) is 0 Å². The number of thioether (sulfide) groups is 1. The second-order valence-electron chi connectivity index (χ2n) is 3.88. The summed E-state index contributed by atoms with van der Waals surface area (Å²) in [6.45, 7) is 8.03. The van der Waals surface area contributed by atoms with Gasteiger partial charge in [-0.05, 0) is 19.1 Å². The van der Waals surface area contributed by atoms with Gasteiger partial charge < -0.3 is 9.26 Å². The Kier molecular flexibility index (Phi) is 5.47. The summed E-state index contributed by atoms with van der Waals surface area (Å²) in [5.74, 6) is 0.800. The molecule has 1 aromatic heterocycles. The molecule has 0 N–H and O–H groups in total. The molecular weight excluding hydrogens is 240 g/mol. The largest absolute Gasteiger partial charge is 0.465 e. The molecule has 17 heavy (non-hydrogen) atoms. The maximum absolute atomic E-state index is 11.5. The zero-order chi connectivity index (χ0) is 12.8. The highest BCUT2D eigenvalue weighted by atomic mass is 32.2. The fourth-order valence-electron chi connectivity index (χ4n) is 1.11. The summed E-state index contributed by atoms with van der Waals surface area (Å²) in [7, 11) is 0. The van der Waals surface area contributed by atoms with Gasteiger partial charge in [0.1, 0.15) is 5.92 Å². The van der Waals surface area contributed by atoms with Crippen molar-refractivity contribution in [2.45, 2.75) is 44.6 Å². The summed E-state index contributed by atoms with van der Waals surface area (Å²) in [5, 5.41) is 4.35. The highest BCUT2D eigenvalue weighted by Crippen LogP contribution is 2.18. The summed E-state index contributed by atoms with van der Waals surface area (Å²) in [6, 6.07) is 0. The first-order chi connectivity index (χ1) is 8.04. The Morgan fingerprint density at radius 3 is 2.76 bits per heavy atom. The van der Waals surface area contributed by atoms with Gasteiger partial charge in [-0.1, -0.05) is 19.0 Å². The van der Waals surface area contributed by atoms with E-state index < -0.39 is 5.92 Å². The van der Waals surface area contributed by atoms with Crippen molar-refractivity contribution in [1.29, 1.82) is 0 Å². The van der Waals surface area contributed by atoms with Gasteiger partial charge in [0.2, 0.25) is 5.89 Å². The van der Waals surface area contributed by atoms with Crippen molar-refractivity contribution in [1.82, 2.24) is 10.1 Å². The number of ether oxygens (including phenoxy) is 1. The average Bonchev–Trinajstić information content (AvgIpc) is 2.74. The van der Waals surface area contributed by atoms with Crippen molar-refractivity contribution in [2.24, 2.45) is 0 Å². The molecule has 0 saturated heterocycles. The van der Waals surface area contributed by atoms with Gasteiger partial charge in [-0.3, -0.25) is 4.79 Å². The first-order valence-corrected chi connectivity index (χ1v) is 6.70. The van der Waals surface area contributed by atoms with Gasteiger partial charge in [0.15, 0.2) is 5.82 Å². The van der Waals surface area contributed by atoms with Crippen molar-refractivity contribution < 1.29 is 14.1 Å². The van der Waals surface area contributed by atoms with Crippen molar-refractivity contribution in [3.8, 4) is 0 Å². The van der Waals surface area contributed by atoms with Crippen LogP contribution in [-0.2, 0) is 15.3 Å². The minimum absolute atomic E-state index is 0.322. The van der Waals surface area contributed by atoms with Crippen LogP contribution in [0.25, 0.3) is 0 Å². The Labute approximate surface area is 105 Å². The highest BCUT2D eigenvalue weighted by Gasteiger charge is 2.22. The Morgan fingerprint density at radius 1 is 1.47 bits per heavy atom. The molecule has 1 atom stereocenters. The third kappa shape index (κ3) is 4.38. The minimum atomic E-state index is -0.500. The number of hydrogen-bond donors (Lipinski definition) is 0.